The number of methoxy groups -OCH3 is 1. The predicted octanol–water partition coefficient (Wildman–Crippen LogP) is 0.438. The smallest absolute Gasteiger partial charge is 0.323 e. The highest BCUT2D eigenvalue weighted by atomic mass is 32.1. The van der Waals surface area contributed by atoms with Crippen LogP contribution in [0.3, 0.4) is 0 Å². The highest BCUT2D eigenvalue weighted by Crippen LogP contribution is 2.07. The van der Waals surface area contributed by atoms with Gasteiger partial charge >= 0.3 is 5.97 Å². The van der Waals surface area contributed by atoms with Gasteiger partial charge in [0.15, 0.2) is 0 Å². The normalized spacial score (nSPS) is 12.8. The van der Waals surface area contributed by atoms with Crippen LogP contribution in [-0.4, -0.2) is 33.7 Å². The van der Waals surface area contributed by atoms with E-state index in [1.165, 1.54) is 29.0 Å². The van der Waals surface area contributed by atoms with Crippen LogP contribution in [0.15, 0.2) is 16.4 Å². The standard InChI is InChI=1S/C12H16N4O3S/c1-7(2)10(11(18)19-3)13-5-8-4-9(17)16-12(15-8)20-6-14-16/h4,6-7,10,13H,5H2,1-3H3. The number of rotatable bonds is 5. The fraction of sp³-hybridized carbons (Fsp3) is 0.500. The molecule has 0 saturated heterocycles. The maximum atomic E-state index is 11.8. The van der Waals surface area contributed by atoms with Gasteiger partial charge in [-0.25, -0.2) is 4.98 Å². The van der Waals surface area contributed by atoms with Gasteiger partial charge < -0.3 is 4.74 Å². The third-order valence-corrected chi connectivity index (χ3v) is 3.54. The van der Waals surface area contributed by atoms with E-state index in [1.807, 2.05) is 13.8 Å². The van der Waals surface area contributed by atoms with E-state index >= 15 is 0 Å². The quantitative estimate of drug-likeness (QED) is 0.806. The Morgan fingerprint density at radius 2 is 2.30 bits per heavy atom. The van der Waals surface area contributed by atoms with Crippen molar-refractivity contribution >= 4 is 22.3 Å². The van der Waals surface area contributed by atoms with E-state index in [0.717, 1.165) is 0 Å². The van der Waals surface area contributed by atoms with Crippen LogP contribution in [0.2, 0.25) is 0 Å². The Kier molecular flexibility index (Phi) is 4.46. The summed E-state index contributed by atoms with van der Waals surface area (Å²) in [4.78, 5) is 28.3. The average Bonchev–Trinajstić information content (AvgIpc) is 2.87. The molecule has 8 heteroatoms. The number of carbonyl (C=O) groups is 1. The van der Waals surface area contributed by atoms with E-state index in [0.29, 0.717) is 17.2 Å². The highest BCUT2D eigenvalue weighted by molar-refractivity contribution is 7.14. The first kappa shape index (κ1) is 14.6. The third kappa shape index (κ3) is 3.02. The van der Waals surface area contributed by atoms with Crippen LogP contribution < -0.4 is 10.9 Å². The summed E-state index contributed by atoms with van der Waals surface area (Å²) in [6, 6.07) is 0.982. The molecule has 0 fully saturated rings. The van der Waals surface area contributed by atoms with Crippen molar-refractivity contribution in [3.05, 3.63) is 27.6 Å². The summed E-state index contributed by atoms with van der Waals surface area (Å²) >= 11 is 1.29. The van der Waals surface area contributed by atoms with Gasteiger partial charge in [-0.1, -0.05) is 25.2 Å². The van der Waals surface area contributed by atoms with E-state index in [1.54, 1.807) is 5.51 Å². The van der Waals surface area contributed by atoms with Gasteiger partial charge in [-0.3, -0.25) is 14.9 Å². The summed E-state index contributed by atoms with van der Waals surface area (Å²) in [6.07, 6.45) is 0. The van der Waals surface area contributed by atoms with Gasteiger partial charge in [0.2, 0.25) is 4.96 Å². The van der Waals surface area contributed by atoms with E-state index in [2.05, 4.69) is 15.4 Å². The molecule has 2 heterocycles. The number of nitrogens with zero attached hydrogens (tertiary/aromatic N) is 3. The minimum Gasteiger partial charge on any atom is -0.468 e. The molecule has 2 aromatic heterocycles. The van der Waals surface area contributed by atoms with E-state index in [-0.39, 0.29) is 17.4 Å². The van der Waals surface area contributed by atoms with Crippen molar-refractivity contribution < 1.29 is 9.53 Å². The zero-order valence-electron chi connectivity index (χ0n) is 11.5. The van der Waals surface area contributed by atoms with Crippen LogP contribution in [0, 0.1) is 5.92 Å². The lowest BCUT2D eigenvalue weighted by molar-refractivity contribution is -0.144. The molecule has 1 atom stereocenters. The molecule has 108 valence electrons. The molecule has 0 aliphatic rings. The minimum atomic E-state index is -0.429. The number of hydrogen-bond donors (Lipinski definition) is 1. The first-order chi connectivity index (χ1) is 9.52. The molecule has 0 aromatic carbocycles. The molecule has 0 saturated carbocycles. The summed E-state index contributed by atoms with van der Waals surface area (Å²) in [5.41, 5.74) is 1.91. The predicted molar refractivity (Wildman–Crippen MR) is 74.6 cm³/mol. The number of esters is 1. The summed E-state index contributed by atoms with van der Waals surface area (Å²) < 4.78 is 5.99. The summed E-state index contributed by atoms with van der Waals surface area (Å²) in [5, 5.41) is 6.96. The van der Waals surface area contributed by atoms with Crippen molar-refractivity contribution in [2.45, 2.75) is 26.4 Å². The van der Waals surface area contributed by atoms with Crippen molar-refractivity contribution in [2.24, 2.45) is 5.92 Å². The van der Waals surface area contributed by atoms with Crippen LogP contribution in [0.5, 0.6) is 0 Å². The monoisotopic (exact) mass is 296 g/mol. The van der Waals surface area contributed by atoms with Gasteiger partial charge in [0, 0.05) is 12.6 Å². The van der Waals surface area contributed by atoms with E-state index in [9.17, 15) is 9.59 Å². The van der Waals surface area contributed by atoms with Crippen LogP contribution >= 0.6 is 11.3 Å². The van der Waals surface area contributed by atoms with Gasteiger partial charge in [-0.2, -0.15) is 9.61 Å². The lowest BCUT2D eigenvalue weighted by Gasteiger charge is -2.19. The fourth-order valence-electron chi connectivity index (χ4n) is 1.82. The van der Waals surface area contributed by atoms with Crippen molar-refractivity contribution in [2.75, 3.05) is 7.11 Å². The largest absolute Gasteiger partial charge is 0.468 e. The van der Waals surface area contributed by atoms with Gasteiger partial charge in [0.1, 0.15) is 11.6 Å². The molecule has 0 radical (unpaired) electrons. The van der Waals surface area contributed by atoms with Crippen LogP contribution in [0.1, 0.15) is 19.5 Å². The van der Waals surface area contributed by atoms with E-state index in [4.69, 9.17) is 4.74 Å². The van der Waals surface area contributed by atoms with Gasteiger partial charge in [-0.05, 0) is 5.92 Å². The second-order valence-corrected chi connectivity index (χ2v) is 5.46. The molecule has 7 nitrogen and oxygen atoms in total. The Hall–Kier alpha value is -1.80. The lowest BCUT2D eigenvalue weighted by atomic mass is 10.0. The minimum absolute atomic E-state index is 0.0793. The van der Waals surface area contributed by atoms with Crippen molar-refractivity contribution in [1.29, 1.82) is 0 Å². The van der Waals surface area contributed by atoms with Crippen molar-refractivity contribution in [3.63, 3.8) is 0 Å². The van der Waals surface area contributed by atoms with Gasteiger partial charge in [0.25, 0.3) is 5.56 Å². The number of aromatic nitrogens is 3. The topological polar surface area (TPSA) is 85.6 Å². The third-order valence-electron chi connectivity index (χ3n) is 2.86. The second kappa shape index (κ2) is 6.10. The maximum absolute atomic E-state index is 11.8. The van der Waals surface area contributed by atoms with Gasteiger partial charge in [0.05, 0.1) is 12.8 Å². The Labute approximate surface area is 119 Å². The zero-order chi connectivity index (χ0) is 14.7. The number of hydrogen-bond acceptors (Lipinski definition) is 7. The number of fused-ring (bicyclic) bond motifs is 1. The Balaban J connectivity index is 2.15. The summed E-state index contributed by atoms with van der Waals surface area (Å²) in [5.74, 6) is -0.244. The Morgan fingerprint density at radius 3 is 2.95 bits per heavy atom. The molecule has 20 heavy (non-hydrogen) atoms. The Morgan fingerprint density at radius 1 is 1.55 bits per heavy atom. The first-order valence-electron chi connectivity index (χ1n) is 6.16. The Bertz CT molecular complexity index is 664. The SMILES string of the molecule is COC(=O)C(NCc1cc(=O)n2ncsc2n1)C(C)C. The zero-order valence-corrected chi connectivity index (χ0v) is 12.3. The number of carbonyl (C=O) groups excluding carboxylic acids is 1. The first-order valence-corrected chi connectivity index (χ1v) is 7.04. The summed E-state index contributed by atoms with van der Waals surface area (Å²) in [6.45, 7) is 4.16. The molecule has 0 spiro atoms. The molecule has 2 rings (SSSR count). The molecule has 0 bridgehead atoms. The average molecular weight is 296 g/mol. The molecule has 0 amide bonds. The second-order valence-electron chi connectivity index (χ2n) is 4.64. The number of ether oxygens (including phenoxy) is 1. The molecule has 2 aromatic rings. The molecular formula is C12H16N4O3S. The molecule has 0 aliphatic carbocycles. The molecular weight excluding hydrogens is 280 g/mol. The number of nitrogens with one attached hydrogen (secondary N) is 1. The van der Waals surface area contributed by atoms with Crippen LogP contribution in [0.4, 0.5) is 0 Å². The summed E-state index contributed by atoms with van der Waals surface area (Å²) in [7, 11) is 1.35. The van der Waals surface area contributed by atoms with Crippen molar-refractivity contribution in [1.82, 2.24) is 19.9 Å². The highest BCUT2D eigenvalue weighted by Gasteiger charge is 2.22. The maximum Gasteiger partial charge on any atom is 0.323 e. The van der Waals surface area contributed by atoms with Crippen molar-refractivity contribution in [3.8, 4) is 0 Å². The molecule has 0 aliphatic heterocycles. The molecule has 1 unspecified atom stereocenters. The van der Waals surface area contributed by atoms with E-state index < -0.39 is 6.04 Å². The fourth-order valence-corrected chi connectivity index (χ4v) is 2.47. The van der Waals surface area contributed by atoms with Crippen LogP contribution in [-0.2, 0) is 16.1 Å². The molecule has 1 N–H and O–H groups in total. The van der Waals surface area contributed by atoms with Crippen LogP contribution in [0.25, 0.3) is 4.96 Å². The van der Waals surface area contributed by atoms with Gasteiger partial charge in [-0.15, -0.1) is 0 Å². The lowest BCUT2D eigenvalue weighted by Crippen LogP contribution is -2.41.